The number of methoxy groups -OCH3 is 1. The fourth-order valence-corrected chi connectivity index (χ4v) is 4.29. The van der Waals surface area contributed by atoms with Crippen LogP contribution in [0.3, 0.4) is 0 Å². The second kappa shape index (κ2) is 12.7. The van der Waals surface area contributed by atoms with Gasteiger partial charge in [0.25, 0.3) is 0 Å². The van der Waals surface area contributed by atoms with E-state index in [1.807, 2.05) is 12.1 Å². The molecule has 37 heavy (non-hydrogen) atoms. The molecular formula is C27H31ClFN5O3. The molecule has 0 spiro atoms. The molecule has 0 atom stereocenters. The van der Waals surface area contributed by atoms with E-state index in [0.29, 0.717) is 42.5 Å². The minimum absolute atomic E-state index is 0.0205. The van der Waals surface area contributed by atoms with Crippen molar-refractivity contribution < 1.29 is 18.7 Å². The Morgan fingerprint density at radius 1 is 1.24 bits per heavy atom. The summed E-state index contributed by atoms with van der Waals surface area (Å²) in [6.07, 6.45) is 9.27. The molecule has 1 aliphatic rings. The van der Waals surface area contributed by atoms with Gasteiger partial charge in [0, 0.05) is 50.5 Å². The predicted molar refractivity (Wildman–Crippen MR) is 144 cm³/mol. The lowest BCUT2D eigenvalue weighted by Crippen LogP contribution is -2.28. The predicted octanol–water partition coefficient (Wildman–Crippen LogP) is 5.56. The molecule has 0 saturated heterocycles. The van der Waals surface area contributed by atoms with E-state index in [-0.39, 0.29) is 17.0 Å². The molecule has 0 aliphatic heterocycles. The molecule has 196 valence electrons. The number of carbonyl (C=O) groups excluding carboxylic acids is 1. The molecule has 1 aromatic heterocycles. The molecule has 4 rings (SSSR count). The van der Waals surface area contributed by atoms with Crippen LogP contribution in [0.25, 0.3) is 10.9 Å². The van der Waals surface area contributed by atoms with Crippen molar-refractivity contribution in [2.75, 3.05) is 44.5 Å². The van der Waals surface area contributed by atoms with E-state index < -0.39 is 5.82 Å². The zero-order valence-electron chi connectivity index (χ0n) is 21.0. The smallest absolute Gasteiger partial charge is 0.246 e. The second-order valence-electron chi connectivity index (χ2n) is 8.90. The Balaban J connectivity index is 1.57. The molecular weight excluding hydrogens is 497 g/mol. The van der Waals surface area contributed by atoms with Crippen LogP contribution in [0, 0.1) is 5.82 Å². The molecule has 2 N–H and O–H groups in total. The second-order valence-corrected chi connectivity index (χ2v) is 9.31. The Bertz CT molecular complexity index is 1270. The van der Waals surface area contributed by atoms with Crippen LogP contribution in [-0.2, 0) is 9.53 Å². The maximum Gasteiger partial charge on any atom is 0.246 e. The van der Waals surface area contributed by atoms with Gasteiger partial charge in [0.2, 0.25) is 5.91 Å². The maximum absolute atomic E-state index is 13.6. The molecule has 1 saturated carbocycles. The van der Waals surface area contributed by atoms with E-state index in [0.717, 1.165) is 36.8 Å². The van der Waals surface area contributed by atoms with E-state index in [2.05, 4.69) is 20.6 Å². The summed E-state index contributed by atoms with van der Waals surface area (Å²) in [5.74, 6) is 0.661. The summed E-state index contributed by atoms with van der Waals surface area (Å²) in [4.78, 5) is 22.7. The highest BCUT2D eigenvalue weighted by Crippen LogP contribution is 2.36. The summed E-state index contributed by atoms with van der Waals surface area (Å²) in [6.45, 7) is 1.42. The first kappa shape index (κ1) is 26.6. The number of ether oxygens (including phenoxy) is 2. The number of carbonyl (C=O) groups is 1. The summed E-state index contributed by atoms with van der Waals surface area (Å²) in [5.41, 5.74) is 2.07. The van der Waals surface area contributed by atoms with Gasteiger partial charge in [-0.25, -0.2) is 14.4 Å². The largest absolute Gasteiger partial charge is 0.488 e. The number of nitrogens with one attached hydrogen (secondary N) is 2. The zero-order chi connectivity index (χ0) is 26.2. The van der Waals surface area contributed by atoms with Gasteiger partial charge in [-0.3, -0.25) is 4.79 Å². The number of aromatic nitrogens is 2. The molecule has 0 radical (unpaired) electrons. The van der Waals surface area contributed by atoms with Crippen LogP contribution in [0.4, 0.5) is 21.6 Å². The van der Waals surface area contributed by atoms with Crippen LogP contribution in [0.1, 0.15) is 25.7 Å². The molecule has 1 fully saturated rings. The summed E-state index contributed by atoms with van der Waals surface area (Å²) >= 11 is 5.95. The average molecular weight is 528 g/mol. The number of amides is 1. The van der Waals surface area contributed by atoms with E-state index in [1.54, 1.807) is 31.2 Å². The quantitative estimate of drug-likeness (QED) is 0.315. The number of rotatable bonds is 11. The third kappa shape index (κ3) is 7.08. The van der Waals surface area contributed by atoms with Gasteiger partial charge >= 0.3 is 0 Å². The van der Waals surface area contributed by atoms with Gasteiger partial charge in [-0.1, -0.05) is 17.7 Å². The van der Waals surface area contributed by atoms with Crippen LogP contribution in [0.5, 0.6) is 5.75 Å². The SMILES string of the molecule is COCCN(C)C(=O)C=CCNc1cc2c(Nc3ccc(F)c(Cl)c3)ncnc2cc1OC1CCCC1. The lowest BCUT2D eigenvalue weighted by Gasteiger charge is -2.19. The topological polar surface area (TPSA) is 88.6 Å². The highest BCUT2D eigenvalue weighted by atomic mass is 35.5. The molecule has 0 bridgehead atoms. The minimum Gasteiger partial charge on any atom is -0.488 e. The molecule has 2 aromatic carbocycles. The van der Waals surface area contributed by atoms with Crippen LogP contribution < -0.4 is 15.4 Å². The van der Waals surface area contributed by atoms with Crippen molar-refractivity contribution in [2.45, 2.75) is 31.8 Å². The van der Waals surface area contributed by atoms with Gasteiger partial charge in [-0.15, -0.1) is 0 Å². The number of halogens is 2. The van der Waals surface area contributed by atoms with Crippen LogP contribution in [-0.4, -0.2) is 60.7 Å². The van der Waals surface area contributed by atoms with Gasteiger partial charge < -0.3 is 25.0 Å². The molecule has 8 nitrogen and oxygen atoms in total. The number of benzene rings is 2. The summed E-state index contributed by atoms with van der Waals surface area (Å²) in [6, 6.07) is 8.22. The van der Waals surface area contributed by atoms with Crippen molar-refractivity contribution in [3.05, 3.63) is 59.7 Å². The highest BCUT2D eigenvalue weighted by molar-refractivity contribution is 6.31. The van der Waals surface area contributed by atoms with Crippen molar-refractivity contribution in [1.82, 2.24) is 14.9 Å². The Kier molecular flexibility index (Phi) is 9.14. The van der Waals surface area contributed by atoms with E-state index >= 15 is 0 Å². The number of likely N-dealkylation sites (N-methyl/N-ethyl adjacent to an activating group) is 1. The lowest BCUT2D eigenvalue weighted by molar-refractivity contribution is -0.125. The zero-order valence-corrected chi connectivity index (χ0v) is 21.7. The van der Waals surface area contributed by atoms with Crippen LogP contribution >= 0.6 is 11.6 Å². The summed E-state index contributed by atoms with van der Waals surface area (Å²) in [7, 11) is 3.34. The van der Waals surface area contributed by atoms with E-state index in [9.17, 15) is 9.18 Å². The molecule has 0 unspecified atom stereocenters. The molecule has 1 aliphatic carbocycles. The number of anilines is 3. The van der Waals surface area contributed by atoms with E-state index in [4.69, 9.17) is 21.1 Å². The summed E-state index contributed by atoms with van der Waals surface area (Å²) in [5, 5.41) is 7.34. The van der Waals surface area contributed by atoms with Crippen LogP contribution in [0.2, 0.25) is 5.02 Å². The van der Waals surface area contributed by atoms with Crippen molar-refractivity contribution in [2.24, 2.45) is 0 Å². The first-order valence-electron chi connectivity index (χ1n) is 12.3. The van der Waals surface area contributed by atoms with Gasteiger partial charge in [-0.05, 0) is 49.9 Å². The molecule has 10 heteroatoms. The fourth-order valence-electron chi connectivity index (χ4n) is 4.11. The number of nitrogens with zero attached hydrogens (tertiary/aromatic N) is 3. The van der Waals surface area contributed by atoms with E-state index in [1.165, 1.54) is 24.5 Å². The highest BCUT2D eigenvalue weighted by Gasteiger charge is 2.19. The average Bonchev–Trinajstić information content (AvgIpc) is 3.40. The Labute approximate surface area is 220 Å². The number of hydrogen-bond donors (Lipinski definition) is 2. The minimum atomic E-state index is -0.489. The summed E-state index contributed by atoms with van der Waals surface area (Å²) < 4.78 is 25.0. The third-order valence-corrected chi connectivity index (χ3v) is 6.48. The van der Waals surface area contributed by atoms with Crippen molar-refractivity contribution >= 4 is 45.6 Å². The first-order chi connectivity index (χ1) is 17.9. The number of fused-ring (bicyclic) bond motifs is 1. The maximum atomic E-state index is 13.6. The van der Waals surface area contributed by atoms with Gasteiger partial charge in [0.05, 0.1) is 28.9 Å². The monoisotopic (exact) mass is 527 g/mol. The lowest BCUT2D eigenvalue weighted by atomic mass is 10.1. The molecule has 3 aromatic rings. The Morgan fingerprint density at radius 2 is 2.05 bits per heavy atom. The first-order valence-corrected chi connectivity index (χ1v) is 12.6. The van der Waals surface area contributed by atoms with Gasteiger partial charge in [0.15, 0.2) is 0 Å². The van der Waals surface area contributed by atoms with Crippen molar-refractivity contribution in [1.29, 1.82) is 0 Å². The van der Waals surface area contributed by atoms with Gasteiger partial charge in [-0.2, -0.15) is 0 Å². The van der Waals surface area contributed by atoms with Crippen molar-refractivity contribution in [3.63, 3.8) is 0 Å². The molecule has 1 heterocycles. The van der Waals surface area contributed by atoms with Crippen LogP contribution in [0.15, 0.2) is 48.8 Å². The molecule has 1 amide bonds. The third-order valence-electron chi connectivity index (χ3n) is 6.19. The Hall–Kier alpha value is -3.43. The number of hydrogen-bond acceptors (Lipinski definition) is 7. The Morgan fingerprint density at radius 3 is 2.81 bits per heavy atom. The fraction of sp³-hybridized carbons (Fsp3) is 0.370. The van der Waals surface area contributed by atoms with Gasteiger partial charge in [0.1, 0.15) is 23.7 Å². The van der Waals surface area contributed by atoms with Crippen molar-refractivity contribution in [3.8, 4) is 5.75 Å². The normalized spacial score (nSPS) is 13.8. The standard InChI is InChI=1S/C27H31ClFN5O3/c1-34(12-13-36-2)26(35)8-5-11-30-24-15-20-23(16-25(24)37-19-6-3-4-7-19)31-17-32-27(20)33-18-9-10-22(29)21(28)14-18/h5,8-10,14-17,19,30H,3-4,6-7,11-13H2,1-2H3,(H,31,32,33).